The van der Waals surface area contributed by atoms with Crippen molar-refractivity contribution in [2.75, 3.05) is 82.6 Å². The summed E-state index contributed by atoms with van der Waals surface area (Å²) in [6, 6.07) is 17.9. The third-order valence-electron chi connectivity index (χ3n) is 8.41. The predicted octanol–water partition coefficient (Wildman–Crippen LogP) is 6.07. The molecule has 1 fully saturated rings. The van der Waals surface area contributed by atoms with Crippen molar-refractivity contribution in [1.29, 1.82) is 0 Å². The number of halogens is 3. The van der Waals surface area contributed by atoms with Crippen molar-refractivity contribution in [3.8, 4) is 11.5 Å². The summed E-state index contributed by atoms with van der Waals surface area (Å²) in [7, 11) is 5.29. The fraction of sp³-hybridized carbons (Fsp3) is 0.405. The van der Waals surface area contributed by atoms with Crippen LogP contribution in [0, 0.1) is 6.92 Å². The van der Waals surface area contributed by atoms with Gasteiger partial charge in [0, 0.05) is 51.0 Å². The Balaban J connectivity index is 0.00000433. The SMILES string of the molecule is COc1cc(C(=O)N(C)c2ccc(C)cc2OCCCCC(=C=O)N2CCN(C)CC2)ccc1NC(=O)c1ccccc1NCCCN.Cl.Cl.Cl. The number of nitrogens with one attached hydrogen (secondary N) is 2. The van der Waals surface area contributed by atoms with Crippen LogP contribution < -0.4 is 30.7 Å². The van der Waals surface area contributed by atoms with Crippen LogP contribution in [0.3, 0.4) is 0 Å². The molecule has 0 spiro atoms. The van der Waals surface area contributed by atoms with Crippen LogP contribution in [0.1, 0.15) is 52.0 Å². The highest BCUT2D eigenvalue weighted by molar-refractivity contribution is 6.10. The van der Waals surface area contributed by atoms with E-state index in [0.29, 0.717) is 65.8 Å². The molecule has 4 rings (SSSR count). The number of ether oxygens (including phenoxy) is 2. The van der Waals surface area contributed by atoms with Gasteiger partial charge >= 0.3 is 0 Å². The second-order valence-electron chi connectivity index (χ2n) is 12.0. The number of hydrogen-bond acceptors (Lipinski definition) is 9. The molecule has 1 heterocycles. The van der Waals surface area contributed by atoms with Gasteiger partial charge in [-0.1, -0.05) is 18.2 Å². The standard InChI is InChI=1S/C37H48N6O5.3ClH/c1-27-13-16-33(35(24-27)48-23-8-7-10-29(26-44)43-21-19-41(2)20-22-43)42(3)37(46)28-14-15-32(34(25-28)47-4)40-36(45)30-11-5-6-12-31(30)39-18-9-17-38;;;/h5-6,11-16,24-25,39H,7-10,17-23,38H2,1-4H3,(H,40,45);3*1H. The van der Waals surface area contributed by atoms with E-state index < -0.39 is 0 Å². The number of allylic oxidation sites excluding steroid dienone is 1. The third-order valence-corrected chi connectivity index (χ3v) is 8.41. The molecule has 1 aliphatic heterocycles. The van der Waals surface area contributed by atoms with E-state index in [1.807, 2.05) is 37.3 Å². The largest absolute Gasteiger partial charge is 0.495 e. The molecule has 4 N–H and O–H groups in total. The lowest BCUT2D eigenvalue weighted by molar-refractivity contribution is 0.0990. The summed E-state index contributed by atoms with van der Waals surface area (Å²) < 4.78 is 11.8. The van der Waals surface area contributed by atoms with Crippen molar-refractivity contribution in [3.63, 3.8) is 0 Å². The van der Waals surface area contributed by atoms with Crippen LogP contribution in [-0.4, -0.2) is 94.6 Å². The van der Waals surface area contributed by atoms with Gasteiger partial charge in [-0.25, -0.2) is 4.79 Å². The first-order valence-electron chi connectivity index (χ1n) is 16.5. The maximum Gasteiger partial charge on any atom is 0.258 e. The number of para-hydroxylation sites is 1. The molecular weight excluding hydrogens is 715 g/mol. The molecular formula is C37H51Cl3N6O5. The lowest BCUT2D eigenvalue weighted by atomic mass is 10.1. The normalized spacial score (nSPS) is 12.2. The third kappa shape index (κ3) is 12.6. The maximum atomic E-state index is 13.7. The van der Waals surface area contributed by atoms with Crippen molar-refractivity contribution in [2.24, 2.45) is 5.73 Å². The van der Waals surface area contributed by atoms with E-state index in [-0.39, 0.29) is 49.0 Å². The summed E-state index contributed by atoms with van der Waals surface area (Å²) in [5.41, 5.74) is 10.0. The molecule has 0 bridgehead atoms. The van der Waals surface area contributed by atoms with Gasteiger partial charge in [-0.3, -0.25) is 9.59 Å². The van der Waals surface area contributed by atoms with Gasteiger partial charge in [0.15, 0.2) is 0 Å². The number of piperazine rings is 1. The quantitative estimate of drug-likeness (QED) is 0.118. The minimum Gasteiger partial charge on any atom is -0.495 e. The van der Waals surface area contributed by atoms with Crippen LogP contribution in [0.5, 0.6) is 11.5 Å². The number of anilines is 3. The van der Waals surface area contributed by atoms with Crippen molar-refractivity contribution in [2.45, 2.75) is 32.6 Å². The number of nitrogens with two attached hydrogens (primary N) is 1. The Morgan fingerprint density at radius 1 is 0.922 bits per heavy atom. The summed E-state index contributed by atoms with van der Waals surface area (Å²) in [6.07, 6.45) is 2.99. The van der Waals surface area contributed by atoms with Crippen molar-refractivity contribution in [1.82, 2.24) is 9.80 Å². The number of unbranched alkanes of at least 4 members (excludes halogenated alkanes) is 1. The first-order chi connectivity index (χ1) is 23.2. The lowest BCUT2D eigenvalue weighted by Gasteiger charge is -2.34. The molecule has 11 nitrogen and oxygen atoms in total. The Labute approximate surface area is 320 Å². The Morgan fingerprint density at radius 3 is 2.33 bits per heavy atom. The highest BCUT2D eigenvalue weighted by atomic mass is 35.5. The monoisotopic (exact) mass is 764 g/mol. The molecule has 280 valence electrons. The van der Waals surface area contributed by atoms with Crippen LogP contribution in [0.25, 0.3) is 0 Å². The number of benzene rings is 3. The summed E-state index contributed by atoms with van der Waals surface area (Å²) in [5.74, 6) is 2.54. The van der Waals surface area contributed by atoms with Crippen LogP contribution in [0.4, 0.5) is 17.1 Å². The van der Waals surface area contributed by atoms with E-state index in [2.05, 4.69) is 33.4 Å². The van der Waals surface area contributed by atoms with Gasteiger partial charge in [0.2, 0.25) is 0 Å². The van der Waals surface area contributed by atoms with E-state index >= 15 is 0 Å². The molecule has 1 aliphatic rings. The minimum absolute atomic E-state index is 0. The highest BCUT2D eigenvalue weighted by Crippen LogP contribution is 2.32. The van der Waals surface area contributed by atoms with Gasteiger partial charge in [-0.15, -0.1) is 37.2 Å². The van der Waals surface area contributed by atoms with E-state index in [0.717, 1.165) is 56.7 Å². The summed E-state index contributed by atoms with van der Waals surface area (Å²) in [4.78, 5) is 44.5. The summed E-state index contributed by atoms with van der Waals surface area (Å²) in [6.45, 7) is 7.19. The summed E-state index contributed by atoms with van der Waals surface area (Å²) in [5, 5.41) is 6.17. The number of rotatable bonds is 16. The Kier molecular flexibility index (Phi) is 20.1. The molecule has 3 aromatic carbocycles. The van der Waals surface area contributed by atoms with Crippen molar-refractivity contribution in [3.05, 3.63) is 83.1 Å². The number of carbonyl (C=O) groups excluding carboxylic acids is 3. The Hall–Kier alpha value is -3.96. The van der Waals surface area contributed by atoms with Crippen molar-refractivity contribution >= 4 is 72.0 Å². The van der Waals surface area contributed by atoms with Crippen molar-refractivity contribution < 1.29 is 23.9 Å². The zero-order valence-corrected chi connectivity index (χ0v) is 32.2. The molecule has 0 radical (unpaired) electrons. The van der Waals surface area contributed by atoms with Crippen LogP contribution in [-0.2, 0) is 4.79 Å². The molecule has 0 unspecified atom stereocenters. The second kappa shape index (κ2) is 22.8. The van der Waals surface area contributed by atoms with Crippen LogP contribution >= 0.6 is 37.2 Å². The zero-order valence-electron chi connectivity index (χ0n) is 29.7. The number of likely N-dealkylation sites (N-methyl/N-ethyl adjacent to an activating group) is 1. The number of nitrogens with zero attached hydrogens (tertiary/aromatic N) is 3. The molecule has 3 aromatic rings. The molecule has 0 aromatic heterocycles. The molecule has 51 heavy (non-hydrogen) atoms. The van der Waals surface area contributed by atoms with Crippen LogP contribution in [0.2, 0.25) is 0 Å². The van der Waals surface area contributed by atoms with Gasteiger partial charge in [0.1, 0.15) is 17.4 Å². The predicted molar refractivity (Wildman–Crippen MR) is 213 cm³/mol. The number of aryl methyl sites for hydroxylation is 1. The lowest BCUT2D eigenvalue weighted by Crippen LogP contribution is -2.44. The van der Waals surface area contributed by atoms with Gasteiger partial charge in [0.25, 0.3) is 11.8 Å². The van der Waals surface area contributed by atoms with Gasteiger partial charge < -0.3 is 40.5 Å². The second-order valence-corrected chi connectivity index (χ2v) is 12.0. The molecule has 0 saturated carbocycles. The Morgan fingerprint density at radius 2 is 1.65 bits per heavy atom. The highest BCUT2D eigenvalue weighted by Gasteiger charge is 2.21. The van der Waals surface area contributed by atoms with Gasteiger partial charge in [-0.2, -0.15) is 0 Å². The number of amides is 2. The molecule has 0 atom stereocenters. The van der Waals surface area contributed by atoms with Gasteiger partial charge in [-0.05, 0) is 94.2 Å². The average molecular weight is 766 g/mol. The summed E-state index contributed by atoms with van der Waals surface area (Å²) >= 11 is 0. The minimum atomic E-state index is -0.306. The fourth-order valence-electron chi connectivity index (χ4n) is 5.52. The zero-order chi connectivity index (χ0) is 34.5. The molecule has 2 amide bonds. The topological polar surface area (TPSA) is 129 Å². The number of methoxy groups -OCH3 is 1. The molecule has 1 saturated heterocycles. The van der Waals surface area contributed by atoms with E-state index in [1.54, 1.807) is 42.3 Å². The Bertz CT molecular complexity index is 1610. The van der Waals surface area contributed by atoms with Crippen LogP contribution in [0.15, 0.2) is 66.4 Å². The number of hydrogen-bond donors (Lipinski definition) is 3. The first kappa shape index (κ1) is 45.1. The smallest absolute Gasteiger partial charge is 0.258 e. The fourth-order valence-corrected chi connectivity index (χ4v) is 5.52. The average Bonchev–Trinajstić information content (AvgIpc) is 3.10. The molecule has 14 heteroatoms. The molecule has 0 aliphatic carbocycles. The number of carbonyl (C=O) groups is 2. The maximum absolute atomic E-state index is 13.7. The first-order valence-corrected chi connectivity index (χ1v) is 16.5. The van der Waals surface area contributed by atoms with E-state index in [4.69, 9.17) is 15.2 Å². The van der Waals surface area contributed by atoms with Gasteiger partial charge in [0.05, 0.1) is 36.4 Å². The van der Waals surface area contributed by atoms with E-state index in [1.165, 1.54) is 7.11 Å². The van der Waals surface area contributed by atoms with E-state index in [9.17, 15) is 14.4 Å².